The summed E-state index contributed by atoms with van der Waals surface area (Å²) < 4.78 is 10.1. The number of carbonyl (C=O) groups is 1. The zero-order valence-electron chi connectivity index (χ0n) is 14.6. The van der Waals surface area contributed by atoms with E-state index in [1.54, 1.807) is 7.11 Å². The lowest BCUT2D eigenvalue weighted by molar-refractivity contribution is -0.137. The number of hydrogen-bond donors (Lipinski definition) is 1. The lowest BCUT2D eigenvalue weighted by Crippen LogP contribution is -2.60. The predicted molar refractivity (Wildman–Crippen MR) is 88.1 cm³/mol. The molecule has 1 saturated heterocycles. The normalized spacial score (nSPS) is 21.5. The van der Waals surface area contributed by atoms with Gasteiger partial charge in [0.1, 0.15) is 12.1 Å². The van der Waals surface area contributed by atoms with Crippen molar-refractivity contribution in [2.45, 2.75) is 70.1 Å². The molecule has 3 rings (SSSR count). The first kappa shape index (κ1) is 17.4. The minimum Gasteiger partial charge on any atom is -0.377 e. The molecule has 1 aromatic rings. The number of rotatable bonds is 6. The predicted octanol–water partition coefficient (Wildman–Crippen LogP) is 2.02. The number of hydrogen-bond acceptors (Lipinski definition) is 6. The molecule has 134 valence electrons. The minimum absolute atomic E-state index is 0.121. The molecule has 1 N–H and O–H groups in total. The SMILES string of the molecule is COCc1noc(CNC(=O)C2(N3CCCCC3)CCCCC2)n1. The number of nitrogens with one attached hydrogen (secondary N) is 1. The molecule has 0 radical (unpaired) electrons. The number of amides is 1. The van der Waals surface area contributed by atoms with Crippen molar-refractivity contribution in [1.29, 1.82) is 0 Å². The fourth-order valence-electron chi connectivity index (χ4n) is 4.02. The maximum atomic E-state index is 13.1. The summed E-state index contributed by atoms with van der Waals surface area (Å²) in [6.07, 6.45) is 9.06. The van der Waals surface area contributed by atoms with Crippen LogP contribution in [0.2, 0.25) is 0 Å². The highest BCUT2D eigenvalue weighted by Crippen LogP contribution is 2.35. The van der Waals surface area contributed by atoms with Gasteiger partial charge in [-0.1, -0.05) is 30.8 Å². The van der Waals surface area contributed by atoms with Crippen molar-refractivity contribution in [3.8, 4) is 0 Å². The molecular weight excluding hydrogens is 308 g/mol. The summed E-state index contributed by atoms with van der Waals surface area (Å²) in [5, 5.41) is 6.88. The van der Waals surface area contributed by atoms with Gasteiger partial charge >= 0.3 is 0 Å². The van der Waals surface area contributed by atoms with E-state index in [9.17, 15) is 4.79 Å². The fourth-order valence-corrected chi connectivity index (χ4v) is 4.02. The molecule has 1 saturated carbocycles. The van der Waals surface area contributed by atoms with Crippen molar-refractivity contribution in [2.24, 2.45) is 0 Å². The van der Waals surface area contributed by atoms with Crippen LogP contribution in [0.4, 0.5) is 0 Å². The highest BCUT2D eigenvalue weighted by Gasteiger charge is 2.44. The summed E-state index contributed by atoms with van der Waals surface area (Å²) in [7, 11) is 1.59. The summed E-state index contributed by atoms with van der Waals surface area (Å²) >= 11 is 0. The number of aromatic nitrogens is 2. The molecular formula is C17H28N4O3. The molecule has 7 nitrogen and oxygen atoms in total. The molecule has 2 fully saturated rings. The Bertz CT molecular complexity index is 534. The highest BCUT2D eigenvalue weighted by molar-refractivity contribution is 5.86. The van der Waals surface area contributed by atoms with Crippen molar-refractivity contribution >= 4 is 5.91 Å². The van der Waals surface area contributed by atoms with Gasteiger partial charge in [0.15, 0.2) is 5.82 Å². The van der Waals surface area contributed by atoms with Crippen LogP contribution in [0.15, 0.2) is 4.52 Å². The molecule has 1 aliphatic carbocycles. The standard InChI is InChI=1S/C17H28N4O3/c1-23-13-14-19-15(24-20-14)12-18-16(22)17(8-4-2-5-9-17)21-10-6-3-7-11-21/h2-13H2,1H3,(H,18,22). The van der Waals surface area contributed by atoms with Crippen molar-refractivity contribution in [3.05, 3.63) is 11.7 Å². The van der Waals surface area contributed by atoms with Crippen LogP contribution >= 0.6 is 0 Å². The first-order chi connectivity index (χ1) is 11.7. The van der Waals surface area contributed by atoms with Crippen LogP contribution in [0, 0.1) is 0 Å². The molecule has 0 atom stereocenters. The first-order valence-electron chi connectivity index (χ1n) is 9.08. The third-order valence-electron chi connectivity index (χ3n) is 5.25. The van der Waals surface area contributed by atoms with Crippen LogP contribution in [-0.4, -0.2) is 46.7 Å². The molecule has 0 aromatic carbocycles. The van der Waals surface area contributed by atoms with E-state index in [0.717, 1.165) is 38.8 Å². The number of likely N-dealkylation sites (tertiary alicyclic amines) is 1. The molecule has 1 aliphatic heterocycles. The molecule has 24 heavy (non-hydrogen) atoms. The highest BCUT2D eigenvalue weighted by atomic mass is 16.5. The van der Waals surface area contributed by atoms with E-state index in [1.807, 2.05) is 0 Å². The first-order valence-corrected chi connectivity index (χ1v) is 9.08. The summed E-state index contributed by atoms with van der Waals surface area (Å²) in [6.45, 7) is 2.66. The van der Waals surface area contributed by atoms with Gasteiger partial charge in [-0.25, -0.2) is 0 Å². The van der Waals surface area contributed by atoms with Crippen LogP contribution in [0.3, 0.4) is 0 Å². The van der Waals surface area contributed by atoms with Gasteiger partial charge in [-0.05, 0) is 38.8 Å². The van der Waals surface area contributed by atoms with Gasteiger partial charge in [-0.15, -0.1) is 0 Å². The molecule has 0 bridgehead atoms. The molecule has 7 heteroatoms. The molecule has 1 amide bonds. The van der Waals surface area contributed by atoms with Crippen LogP contribution in [-0.2, 0) is 22.7 Å². The van der Waals surface area contributed by atoms with Crippen molar-refractivity contribution in [1.82, 2.24) is 20.4 Å². The quantitative estimate of drug-likeness (QED) is 0.856. The lowest BCUT2D eigenvalue weighted by atomic mass is 9.78. The van der Waals surface area contributed by atoms with E-state index in [2.05, 4.69) is 20.4 Å². The summed E-state index contributed by atoms with van der Waals surface area (Å²) in [5.41, 5.74) is -0.339. The molecule has 2 heterocycles. The Kier molecular flexibility index (Phi) is 5.84. The maximum absolute atomic E-state index is 13.1. The van der Waals surface area contributed by atoms with Crippen LogP contribution in [0.25, 0.3) is 0 Å². The van der Waals surface area contributed by atoms with E-state index >= 15 is 0 Å². The topological polar surface area (TPSA) is 80.5 Å². The monoisotopic (exact) mass is 336 g/mol. The second kappa shape index (κ2) is 8.07. The Hall–Kier alpha value is -1.47. The summed E-state index contributed by atoms with van der Waals surface area (Å²) in [6, 6.07) is 0. The second-order valence-corrected chi connectivity index (χ2v) is 6.86. The number of nitrogens with zero attached hydrogens (tertiary/aromatic N) is 3. The van der Waals surface area contributed by atoms with Crippen molar-refractivity contribution < 1.29 is 14.1 Å². The lowest BCUT2D eigenvalue weighted by Gasteiger charge is -2.46. The van der Waals surface area contributed by atoms with Gasteiger partial charge in [-0.3, -0.25) is 9.69 Å². The van der Waals surface area contributed by atoms with Crippen molar-refractivity contribution in [2.75, 3.05) is 20.2 Å². The maximum Gasteiger partial charge on any atom is 0.246 e. The Morgan fingerprint density at radius 2 is 1.92 bits per heavy atom. The number of ether oxygens (including phenoxy) is 1. The molecule has 1 aromatic heterocycles. The zero-order valence-corrected chi connectivity index (χ0v) is 14.6. The number of piperidine rings is 1. The third-order valence-corrected chi connectivity index (χ3v) is 5.25. The van der Waals surface area contributed by atoms with Gasteiger partial charge in [0.25, 0.3) is 0 Å². The Morgan fingerprint density at radius 3 is 2.62 bits per heavy atom. The summed E-state index contributed by atoms with van der Waals surface area (Å²) in [5.74, 6) is 1.06. The van der Waals surface area contributed by atoms with Crippen molar-refractivity contribution in [3.63, 3.8) is 0 Å². The Morgan fingerprint density at radius 1 is 1.21 bits per heavy atom. The average Bonchev–Trinajstić information content (AvgIpc) is 3.09. The molecule has 0 unspecified atom stereocenters. The van der Waals surface area contributed by atoms with E-state index in [-0.39, 0.29) is 18.0 Å². The second-order valence-electron chi connectivity index (χ2n) is 6.86. The van der Waals surface area contributed by atoms with Crippen LogP contribution < -0.4 is 5.32 Å². The largest absolute Gasteiger partial charge is 0.377 e. The van der Waals surface area contributed by atoms with Gasteiger partial charge in [0.05, 0.1) is 6.54 Å². The van der Waals surface area contributed by atoms with E-state index in [1.165, 1.54) is 25.7 Å². The van der Waals surface area contributed by atoms with Gasteiger partial charge in [0, 0.05) is 7.11 Å². The number of methoxy groups -OCH3 is 1. The average molecular weight is 336 g/mol. The van der Waals surface area contributed by atoms with Gasteiger partial charge in [-0.2, -0.15) is 4.98 Å². The minimum atomic E-state index is -0.339. The van der Waals surface area contributed by atoms with E-state index in [4.69, 9.17) is 9.26 Å². The van der Waals surface area contributed by atoms with Gasteiger partial charge in [0.2, 0.25) is 11.8 Å². The fraction of sp³-hybridized carbons (Fsp3) is 0.824. The number of carbonyl (C=O) groups excluding carboxylic acids is 1. The van der Waals surface area contributed by atoms with Gasteiger partial charge < -0.3 is 14.6 Å². The third kappa shape index (κ3) is 3.78. The smallest absolute Gasteiger partial charge is 0.246 e. The summed E-state index contributed by atoms with van der Waals surface area (Å²) in [4.78, 5) is 19.7. The molecule has 2 aliphatic rings. The molecule has 0 spiro atoms. The Labute approximate surface area is 143 Å². The Balaban J connectivity index is 1.64. The van der Waals surface area contributed by atoms with Crippen LogP contribution in [0.1, 0.15) is 63.1 Å². The van der Waals surface area contributed by atoms with Crippen LogP contribution in [0.5, 0.6) is 0 Å². The zero-order chi connectivity index (χ0) is 16.8. The van der Waals surface area contributed by atoms with E-state index in [0.29, 0.717) is 18.3 Å². The van der Waals surface area contributed by atoms with E-state index < -0.39 is 0 Å².